The summed E-state index contributed by atoms with van der Waals surface area (Å²) in [6.07, 6.45) is 0. The van der Waals surface area contributed by atoms with E-state index in [-0.39, 0.29) is 12.4 Å². The molecule has 2 N–H and O–H groups in total. The maximum Gasteiger partial charge on any atom is 0.328 e. The first-order chi connectivity index (χ1) is 9.39. The van der Waals surface area contributed by atoms with E-state index in [0.29, 0.717) is 0 Å². The summed E-state index contributed by atoms with van der Waals surface area (Å²) in [5.74, 6) is -1.22. The molecule has 6 heteroatoms. The molecule has 1 aliphatic carbocycles. The van der Waals surface area contributed by atoms with Crippen molar-refractivity contribution in [1.82, 2.24) is 0 Å². The normalized spacial score (nSPS) is 28.9. The molecular formula is C14H19NO4S. The van der Waals surface area contributed by atoms with Crippen molar-refractivity contribution >= 4 is 15.8 Å². The molecule has 1 saturated carbocycles. The molecule has 0 amide bonds. The summed E-state index contributed by atoms with van der Waals surface area (Å²) in [7, 11) is -3.42. The summed E-state index contributed by atoms with van der Waals surface area (Å²) < 4.78 is 29.3. The Hall–Kier alpha value is -1.40. The Labute approximate surface area is 119 Å². The van der Waals surface area contributed by atoms with Gasteiger partial charge in [-0.2, -0.15) is 0 Å². The second-order valence-corrected chi connectivity index (χ2v) is 7.32. The largest absolute Gasteiger partial charge is 0.465 e. The minimum Gasteiger partial charge on any atom is -0.465 e. The fourth-order valence-corrected chi connectivity index (χ4v) is 4.58. The van der Waals surface area contributed by atoms with Crippen LogP contribution in [0.15, 0.2) is 30.3 Å². The van der Waals surface area contributed by atoms with Gasteiger partial charge in [-0.15, -0.1) is 0 Å². The van der Waals surface area contributed by atoms with Gasteiger partial charge >= 0.3 is 5.97 Å². The highest BCUT2D eigenvalue weighted by Gasteiger charge is 2.73. The van der Waals surface area contributed by atoms with Gasteiger partial charge in [-0.1, -0.05) is 37.3 Å². The van der Waals surface area contributed by atoms with Crippen molar-refractivity contribution in [1.29, 1.82) is 0 Å². The monoisotopic (exact) mass is 297 g/mol. The number of esters is 1. The van der Waals surface area contributed by atoms with E-state index in [4.69, 9.17) is 10.5 Å². The van der Waals surface area contributed by atoms with Crippen molar-refractivity contribution in [2.24, 2.45) is 5.73 Å². The van der Waals surface area contributed by atoms with E-state index in [2.05, 4.69) is 0 Å². The first-order valence-corrected chi connectivity index (χ1v) is 8.33. The summed E-state index contributed by atoms with van der Waals surface area (Å²) in [5.41, 5.74) is 5.39. The lowest BCUT2D eigenvalue weighted by Gasteiger charge is -2.10. The van der Waals surface area contributed by atoms with Crippen LogP contribution in [-0.4, -0.2) is 37.5 Å². The predicted molar refractivity (Wildman–Crippen MR) is 76.0 cm³/mol. The van der Waals surface area contributed by atoms with Crippen molar-refractivity contribution in [3.05, 3.63) is 35.9 Å². The van der Waals surface area contributed by atoms with E-state index in [9.17, 15) is 13.2 Å². The first kappa shape index (κ1) is 15.0. The van der Waals surface area contributed by atoms with E-state index in [0.717, 1.165) is 5.56 Å². The van der Waals surface area contributed by atoms with Gasteiger partial charge in [0.15, 0.2) is 9.84 Å². The van der Waals surface area contributed by atoms with Gasteiger partial charge in [-0.25, -0.2) is 13.2 Å². The Morgan fingerprint density at radius 1 is 1.30 bits per heavy atom. The second kappa shape index (κ2) is 5.18. The number of hydrogen-bond acceptors (Lipinski definition) is 5. The molecule has 5 nitrogen and oxygen atoms in total. The lowest BCUT2D eigenvalue weighted by molar-refractivity contribution is -0.145. The number of sulfone groups is 1. The topological polar surface area (TPSA) is 86.5 Å². The Balaban J connectivity index is 2.42. The Morgan fingerprint density at radius 3 is 2.40 bits per heavy atom. The third-order valence-electron chi connectivity index (χ3n) is 3.76. The van der Waals surface area contributed by atoms with Crippen LogP contribution in [0.1, 0.15) is 25.3 Å². The van der Waals surface area contributed by atoms with Gasteiger partial charge < -0.3 is 10.5 Å². The second-order valence-electron chi connectivity index (χ2n) is 4.91. The molecular weight excluding hydrogens is 278 g/mol. The summed E-state index contributed by atoms with van der Waals surface area (Å²) in [6, 6.07) is 9.01. The Kier molecular flexibility index (Phi) is 3.88. The van der Waals surface area contributed by atoms with Crippen LogP contribution in [0.2, 0.25) is 0 Å². The van der Waals surface area contributed by atoms with E-state index in [1.165, 1.54) is 0 Å². The maximum absolute atomic E-state index is 12.2. The molecule has 20 heavy (non-hydrogen) atoms. The molecule has 0 spiro atoms. The highest BCUT2D eigenvalue weighted by molar-refractivity contribution is 7.92. The Morgan fingerprint density at radius 2 is 1.90 bits per heavy atom. The first-order valence-electron chi connectivity index (χ1n) is 6.62. The zero-order valence-corrected chi connectivity index (χ0v) is 12.4. The summed E-state index contributed by atoms with van der Waals surface area (Å²) in [6.45, 7) is 3.41. The summed E-state index contributed by atoms with van der Waals surface area (Å²) in [4.78, 5) is 12.1. The molecule has 0 radical (unpaired) electrons. The number of ether oxygens (including phenoxy) is 1. The summed E-state index contributed by atoms with van der Waals surface area (Å²) in [5, 5.41) is -0.901. The molecule has 0 aliphatic heterocycles. The van der Waals surface area contributed by atoms with Gasteiger partial charge in [-0.3, -0.25) is 0 Å². The third-order valence-corrected chi connectivity index (χ3v) is 6.00. The van der Waals surface area contributed by atoms with Gasteiger partial charge in [0.2, 0.25) is 0 Å². The lowest BCUT2D eigenvalue weighted by Crippen LogP contribution is -2.41. The van der Waals surface area contributed by atoms with Crippen LogP contribution < -0.4 is 5.73 Å². The highest BCUT2D eigenvalue weighted by Crippen LogP contribution is 2.54. The summed E-state index contributed by atoms with van der Waals surface area (Å²) >= 11 is 0. The van der Waals surface area contributed by atoms with Crippen LogP contribution in [0.5, 0.6) is 0 Å². The van der Waals surface area contributed by atoms with Crippen molar-refractivity contribution in [3.8, 4) is 0 Å². The fourth-order valence-electron chi connectivity index (χ4n) is 2.67. The molecule has 2 rings (SSSR count). The number of carbonyl (C=O) groups is 1. The molecule has 0 aromatic heterocycles. The zero-order chi connectivity index (χ0) is 15.0. The molecule has 0 unspecified atom stereocenters. The molecule has 1 aromatic carbocycles. The smallest absolute Gasteiger partial charge is 0.328 e. The molecule has 0 saturated heterocycles. The van der Waals surface area contributed by atoms with Crippen molar-refractivity contribution in [2.75, 3.05) is 12.4 Å². The number of rotatable bonds is 5. The number of nitrogens with two attached hydrogens (primary N) is 1. The van der Waals surface area contributed by atoms with Gasteiger partial charge in [-0.05, 0) is 12.5 Å². The van der Waals surface area contributed by atoms with Gasteiger partial charge in [0.05, 0.1) is 11.9 Å². The number of carbonyl (C=O) groups excluding carboxylic acids is 1. The van der Waals surface area contributed by atoms with Crippen molar-refractivity contribution < 1.29 is 17.9 Å². The molecule has 1 fully saturated rings. The molecule has 110 valence electrons. The average molecular weight is 297 g/mol. The minimum atomic E-state index is -3.42. The van der Waals surface area contributed by atoms with E-state index < -0.39 is 32.5 Å². The van der Waals surface area contributed by atoms with Gasteiger partial charge in [0.1, 0.15) is 5.54 Å². The molecule has 3 atom stereocenters. The highest BCUT2D eigenvalue weighted by atomic mass is 32.2. The number of hydrogen-bond donors (Lipinski definition) is 1. The van der Waals surface area contributed by atoms with Gasteiger partial charge in [0.25, 0.3) is 0 Å². The van der Waals surface area contributed by atoms with Crippen LogP contribution in [0.4, 0.5) is 0 Å². The van der Waals surface area contributed by atoms with Crippen molar-refractivity contribution in [2.45, 2.75) is 30.6 Å². The zero-order valence-electron chi connectivity index (χ0n) is 11.6. The maximum atomic E-state index is 12.2. The van der Waals surface area contributed by atoms with E-state index in [1.54, 1.807) is 38.1 Å². The standard InChI is InChI=1S/C14H19NO4S/c1-3-19-13(16)14(15)11(10-8-6-5-7-9-10)12(14)20(17,18)4-2/h5-9,11-12H,3-4,15H2,1-2H3/t11-,12+,14-/m0/s1. The van der Waals surface area contributed by atoms with Crippen LogP contribution in [0, 0.1) is 0 Å². The van der Waals surface area contributed by atoms with Crippen LogP contribution in [-0.2, 0) is 19.4 Å². The van der Waals surface area contributed by atoms with Crippen LogP contribution in [0.3, 0.4) is 0 Å². The molecule has 1 aliphatic rings. The van der Waals surface area contributed by atoms with Gasteiger partial charge in [0, 0.05) is 11.7 Å². The third kappa shape index (κ3) is 2.23. The minimum absolute atomic E-state index is 0.0423. The molecule has 1 aromatic rings. The SMILES string of the molecule is CCOC(=O)[C@@]1(N)[C@H](S(=O)(=O)CC)[C@@H]1c1ccccc1. The molecule has 0 heterocycles. The van der Waals surface area contributed by atoms with E-state index >= 15 is 0 Å². The lowest BCUT2D eigenvalue weighted by atomic mass is 10.1. The van der Waals surface area contributed by atoms with Crippen LogP contribution in [0.25, 0.3) is 0 Å². The average Bonchev–Trinajstić information content (AvgIpc) is 3.09. The quantitative estimate of drug-likeness (QED) is 0.814. The predicted octanol–water partition coefficient (Wildman–Crippen LogP) is 0.848. The Bertz CT molecular complexity index is 599. The van der Waals surface area contributed by atoms with Crippen molar-refractivity contribution in [3.63, 3.8) is 0 Å². The van der Waals surface area contributed by atoms with E-state index in [1.807, 2.05) is 6.07 Å². The number of benzene rings is 1. The molecule has 0 bridgehead atoms. The fraction of sp³-hybridized carbons (Fsp3) is 0.500. The van der Waals surface area contributed by atoms with Crippen LogP contribution >= 0.6 is 0 Å².